The summed E-state index contributed by atoms with van der Waals surface area (Å²) >= 11 is 0. The molecule has 3 amide bonds. The van der Waals surface area contributed by atoms with Crippen molar-refractivity contribution in [2.45, 2.75) is 42.3 Å². The number of hydrogen-bond acceptors (Lipinski definition) is 10. The van der Waals surface area contributed by atoms with Crippen molar-refractivity contribution < 1.29 is 27.5 Å². The van der Waals surface area contributed by atoms with E-state index in [1.54, 1.807) is 42.2 Å². The summed E-state index contributed by atoms with van der Waals surface area (Å²) in [6.45, 7) is 7.85. The maximum Gasteiger partial charge on any atom is 0.318 e. The van der Waals surface area contributed by atoms with Gasteiger partial charge in [0.25, 0.3) is 15.9 Å². The number of pyridine rings is 1. The summed E-state index contributed by atoms with van der Waals surface area (Å²) in [5.74, 6) is -0.860. The van der Waals surface area contributed by atoms with Crippen LogP contribution in [0.2, 0.25) is 0 Å². The average Bonchev–Trinajstić information content (AvgIpc) is 3.36. The number of urea groups is 1. The summed E-state index contributed by atoms with van der Waals surface area (Å²) in [5.41, 5.74) is -1.55. The van der Waals surface area contributed by atoms with Crippen LogP contribution in [-0.4, -0.2) is 111 Å². The van der Waals surface area contributed by atoms with Crippen LogP contribution < -0.4 is 14.4 Å². The lowest BCUT2D eigenvalue weighted by Gasteiger charge is -2.46. The van der Waals surface area contributed by atoms with E-state index in [-0.39, 0.29) is 39.8 Å². The highest BCUT2D eigenvalue weighted by Gasteiger charge is 2.59. The van der Waals surface area contributed by atoms with Gasteiger partial charge in [0.05, 0.1) is 53.6 Å². The number of hydrogen-bond donors (Lipinski definition) is 1. The van der Waals surface area contributed by atoms with Crippen molar-refractivity contribution in [1.29, 1.82) is 5.26 Å². The van der Waals surface area contributed by atoms with Gasteiger partial charge in [-0.3, -0.25) is 14.6 Å². The number of piperazine rings is 1. The molecule has 7 rings (SSSR count). The van der Waals surface area contributed by atoms with Gasteiger partial charge < -0.3 is 19.7 Å². The highest BCUT2D eigenvalue weighted by Crippen LogP contribution is 2.49. The molecular formula is C35H39N7O6S. The molecule has 0 saturated carbocycles. The molecule has 4 aliphatic heterocycles. The van der Waals surface area contributed by atoms with Gasteiger partial charge in [0.15, 0.2) is 5.54 Å². The summed E-state index contributed by atoms with van der Waals surface area (Å²) < 4.78 is 40.4. The molecule has 0 radical (unpaired) electrons. The predicted molar refractivity (Wildman–Crippen MR) is 179 cm³/mol. The molecule has 1 unspecified atom stereocenters. The number of carbonyl (C=O) groups is 2. The second-order valence-electron chi connectivity index (χ2n) is 12.7. The van der Waals surface area contributed by atoms with Gasteiger partial charge in [0.2, 0.25) is 5.88 Å². The maximum absolute atomic E-state index is 15.0. The summed E-state index contributed by atoms with van der Waals surface area (Å²) in [6, 6.07) is 17.7. The van der Waals surface area contributed by atoms with Gasteiger partial charge >= 0.3 is 6.03 Å². The minimum atomic E-state index is -4.46. The molecule has 0 spiro atoms. The quantitative estimate of drug-likeness (QED) is 0.375. The summed E-state index contributed by atoms with van der Waals surface area (Å²) in [4.78, 5) is 40.2. The standard InChI is InChI=1S/C35H39N7O6S/c1-2-48-32-29(9-6-14-37-32)35(38-34(44)41-19-17-40(18-20-41)26-12-15-39(16-13-26)27-23-47-24-27)30-21-25(22-36)10-11-31(30)42(33(35)43)49(45,46)28-7-4-3-5-8-28/h3-11,14,21,26-27H,2,12-13,15-20,23-24H2,1H3,(H,38,44). The van der Waals surface area contributed by atoms with E-state index in [1.165, 1.54) is 36.5 Å². The fraction of sp³-hybridized carbons (Fsp3) is 0.429. The SMILES string of the molecule is CCOc1ncccc1C1(NC(=O)N2CCN(C3CCN(C4COC4)CC3)CC2)C(=O)N(S(=O)(=O)c2ccccc2)c2ccc(C#N)cc21. The Morgan fingerprint density at radius 3 is 2.35 bits per heavy atom. The fourth-order valence-electron chi connectivity index (χ4n) is 7.35. The van der Waals surface area contributed by atoms with Crippen LogP contribution in [0.1, 0.15) is 36.5 Å². The minimum Gasteiger partial charge on any atom is -0.478 e. The monoisotopic (exact) mass is 685 g/mol. The van der Waals surface area contributed by atoms with Crippen molar-refractivity contribution >= 4 is 27.6 Å². The Kier molecular flexibility index (Phi) is 9.01. The van der Waals surface area contributed by atoms with Gasteiger partial charge in [-0.1, -0.05) is 18.2 Å². The zero-order chi connectivity index (χ0) is 34.2. The number of sulfonamides is 1. The van der Waals surface area contributed by atoms with E-state index in [1.807, 2.05) is 0 Å². The molecule has 3 aromatic rings. The van der Waals surface area contributed by atoms with Crippen LogP contribution in [0.3, 0.4) is 0 Å². The smallest absolute Gasteiger partial charge is 0.318 e. The highest BCUT2D eigenvalue weighted by atomic mass is 32.2. The van der Waals surface area contributed by atoms with E-state index in [0.29, 0.717) is 38.3 Å². The van der Waals surface area contributed by atoms with Crippen molar-refractivity contribution in [1.82, 2.24) is 25.0 Å². The Labute approximate surface area is 286 Å². The average molecular weight is 686 g/mol. The molecular weight excluding hydrogens is 646 g/mol. The highest BCUT2D eigenvalue weighted by molar-refractivity contribution is 7.93. The van der Waals surface area contributed by atoms with Gasteiger partial charge in [-0.15, -0.1) is 0 Å². The lowest BCUT2D eigenvalue weighted by Crippen LogP contribution is -2.61. The second kappa shape index (κ2) is 13.4. The molecule has 0 bridgehead atoms. The van der Waals surface area contributed by atoms with E-state index in [2.05, 4.69) is 26.2 Å². The largest absolute Gasteiger partial charge is 0.478 e. The Bertz CT molecular complexity index is 1870. The molecule has 3 saturated heterocycles. The summed E-state index contributed by atoms with van der Waals surface area (Å²) in [5, 5.41) is 12.9. The fourth-order valence-corrected chi connectivity index (χ4v) is 8.84. The van der Waals surface area contributed by atoms with Gasteiger partial charge in [-0.05, 0) is 62.2 Å². The Balaban J connectivity index is 1.22. The van der Waals surface area contributed by atoms with Gasteiger partial charge in [-0.25, -0.2) is 18.2 Å². The van der Waals surface area contributed by atoms with E-state index in [0.717, 1.165) is 43.5 Å². The zero-order valence-electron chi connectivity index (χ0n) is 27.3. The van der Waals surface area contributed by atoms with Gasteiger partial charge in [0, 0.05) is 57.1 Å². The number of benzene rings is 2. The number of nitrogens with zero attached hydrogens (tertiary/aromatic N) is 6. The summed E-state index contributed by atoms with van der Waals surface area (Å²) in [7, 11) is -4.46. The number of piperidine rings is 1. The third-order valence-corrected chi connectivity index (χ3v) is 11.8. The maximum atomic E-state index is 15.0. The number of amides is 3. The molecule has 1 N–H and O–H groups in total. The number of ether oxygens (including phenoxy) is 2. The normalized spacial score (nSPS) is 22.3. The van der Waals surface area contributed by atoms with E-state index in [4.69, 9.17) is 9.47 Å². The number of nitriles is 1. The molecule has 5 heterocycles. The zero-order valence-corrected chi connectivity index (χ0v) is 28.1. The van der Waals surface area contributed by atoms with Crippen LogP contribution >= 0.6 is 0 Å². The molecule has 1 aromatic heterocycles. The van der Waals surface area contributed by atoms with Crippen molar-refractivity contribution in [3.8, 4) is 11.9 Å². The first-order valence-electron chi connectivity index (χ1n) is 16.7. The molecule has 49 heavy (non-hydrogen) atoms. The lowest BCUT2D eigenvalue weighted by atomic mass is 9.83. The molecule has 256 valence electrons. The van der Waals surface area contributed by atoms with Crippen molar-refractivity contribution in [3.05, 3.63) is 83.6 Å². The van der Waals surface area contributed by atoms with Gasteiger partial charge in [0.1, 0.15) is 0 Å². The third-order valence-electron chi connectivity index (χ3n) is 10.0. The van der Waals surface area contributed by atoms with E-state index in [9.17, 15) is 23.3 Å². The number of likely N-dealkylation sites (tertiary alicyclic amines) is 1. The Morgan fingerprint density at radius 1 is 0.980 bits per heavy atom. The van der Waals surface area contributed by atoms with Crippen LogP contribution in [0.4, 0.5) is 10.5 Å². The molecule has 3 fully saturated rings. The van der Waals surface area contributed by atoms with Crippen LogP contribution in [0.15, 0.2) is 71.8 Å². The molecule has 0 aliphatic carbocycles. The molecule has 1 atom stereocenters. The first-order chi connectivity index (χ1) is 23.8. The Morgan fingerprint density at radius 2 is 1.69 bits per heavy atom. The number of aromatic nitrogens is 1. The van der Waals surface area contributed by atoms with E-state index < -0.39 is 27.5 Å². The third kappa shape index (κ3) is 5.80. The minimum absolute atomic E-state index is 0.0316. The van der Waals surface area contributed by atoms with E-state index >= 15 is 0 Å². The first-order valence-corrected chi connectivity index (χ1v) is 18.1. The summed E-state index contributed by atoms with van der Waals surface area (Å²) in [6.07, 6.45) is 3.62. The van der Waals surface area contributed by atoms with Crippen LogP contribution in [0.25, 0.3) is 0 Å². The number of rotatable bonds is 8. The predicted octanol–water partition coefficient (Wildman–Crippen LogP) is 2.52. The second-order valence-corrected chi connectivity index (χ2v) is 14.5. The topological polar surface area (TPSA) is 148 Å². The molecule has 13 nitrogen and oxygen atoms in total. The number of anilines is 1. The van der Waals surface area contributed by atoms with Crippen LogP contribution in [-0.2, 0) is 25.1 Å². The van der Waals surface area contributed by atoms with Crippen molar-refractivity contribution in [3.63, 3.8) is 0 Å². The van der Waals surface area contributed by atoms with Crippen LogP contribution in [0, 0.1) is 11.3 Å². The number of fused-ring (bicyclic) bond motifs is 1. The first kappa shape index (κ1) is 33.0. The Hall–Kier alpha value is -4.55. The number of carbonyl (C=O) groups excluding carboxylic acids is 2. The molecule has 2 aromatic carbocycles. The molecule has 14 heteroatoms. The van der Waals surface area contributed by atoms with Crippen molar-refractivity contribution in [2.75, 3.05) is 63.4 Å². The van der Waals surface area contributed by atoms with Gasteiger partial charge in [-0.2, -0.15) is 9.57 Å². The van der Waals surface area contributed by atoms with Crippen LogP contribution in [0.5, 0.6) is 5.88 Å². The lowest BCUT2D eigenvalue weighted by molar-refractivity contribution is -0.121. The number of nitrogens with one attached hydrogen (secondary N) is 1. The van der Waals surface area contributed by atoms with Crippen molar-refractivity contribution in [2.24, 2.45) is 0 Å². The molecule has 4 aliphatic rings.